The summed E-state index contributed by atoms with van der Waals surface area (Å²) in [6.07, 6.45) is 8.08. The summed E-state index contributed by atoms with van der Waals surface area (Å²) >= 11 is 0. The number of anilines is 1. The van der Waals surface area contributed by atoms with Crippen LogP contribution in [0.3, 0.4) is 0 Å². The van der Waals surface area contributed by atoms with E-state index in [2.05, 4.69) is 20.8 Å². The summed E-state index contributed by atoms with van der Waals surface area (Å²) in [4.78, 5) is 23.4. The van der Waals surface area contributed by atoms with Crippen molar-refractivity contribution in [2.24, 2.45) is 0 Å². The molecule has 1 amide bonds. The van der Waals surface area contributed by atoms with Gasteiger partial charge in [-0.05, 0) is 29.8 Å². The molecule has 1 aromatic carbocycles. The Balaban J connectivity index is 1.27. The number of ether oxygens (including phenoxy) is 1. The number of hydrogen-bond donors (Lipinski definition) is 1. The molecular formula is C20H18N6O3. The summed E-state index contributed by atoms with van der Waals surface area (Å²) in [6, 6.07) is 11.7. The number of nitrogens with one attached hydrogen (secondary N) is 1. The highest BCUT2D eigenvalue weighted by Gasteiger charge is 2.32. The van der Waals surface area contributed by atoms with Gasteiger partial charge >= 0.3 is 6.09 Å². The van der Waals surface area contributed by atoms with Crippen molar-refractivity contribution >= 4 is 11.8 Å². The van der Waals surface area contributed by atoms with Crippen molar-refractivity contribution in [3.8, 4) is 11.1 Å². The minimum atomic E-state index is -0.353. The van der Waals surface area contributed by atoms with Crippen LogP contribution in [0.2, 0.25) is 0 Å². The first-order valence-corrected chi connectivity index (χ1v) is 9.23. The van der Waals surface area contributed by atoms with E-state index in [-0.39, 0.29) is 18.2 Å². The Morgan fingerprint density at radius 3 is 2.69 bits per heavy atom. The molecule has 3 aromatic rings. The van der Waals surface area contributed by atoms with E-state index in [1.165, 1.54) is 0 Å². The molecule has 2 aliphatic rings. The lowest BCUT2D eigenvalue weighted by molar-refractivity contribution is 0.129. The molecular weight excluding hydrogens is 372 g/mol. The van der Waals surface area contributed by atoms with Gasteiger partial charge in [-0.3, -0.25) is 9.88 Å². The zero-order chi connectivity index (χ0) is 19.6. The molecule has 2 aliphatic heterocycles. The third kappa shape index (κ3) is 3.55. The molecule has 2 aromatic heterocycles. The Morgan fingerprint density at radius 1 is 1.14 bits per heavy atom. The molecule has 1 saturated heterocycles. The first-order chi connectivity index (χ1) is 14.3. The zero-order valence-corrected chi connectivity index (χ0v) is 15.4. The number of pyridine rings is 1. The number of cyclic esters (lactones) is 1. The number of rotatable bonds is 5. The van der Waals surface area contributed by atoms with Crippen molar-refractivity contribution in [3.05, 3.63) is 73.0 Å². The van der Waals surface area contributed by atoms with Gasteiger partial charge in [0.05, 0.1) is 25.0 Å². The summed E-state index contributed by atoms with van der Waals surface area (Å²) in [5, 5.41) is 7.68. The quantitative estimate of drug-likeness (QED) is 0.715. The van der Waals surface area contributed by atoms with Gasteiger partial charge in [-0.25, -0.2) is 9.48 Å². The van der Waals surface area contributed by atoms with Gasteiger partial charge in [0.25, 0.3) is 0 Å². The number of hydrogen-bond acceptors (Lipinski definition) is 7. The molecule has 29 heavy (non-hydrogen) atoms. The highest BCUT2D eigenvalue weighted by molar-refractivity contribution is 5.90. The van der Waals surface area contributed by atoms with E-state index in [9.17, 15) is 4.79 Å². The maximum Gasteiger partial charge on any atom is 0.414 e. The van der Waals surface area contributed by atoms with E-state index in [0.717, 1.165) is 22.5 Å². The van der Waals surface area contributed by atoms with Gasteiger partial charge < -0.3 is 9.57 Å². The van der Waals surface area contributed by atoms with Crippen molar-refractivity contribution in [2.75, 3.05) is 11.4 Å². The van der Waals surface area contributed by atoms with E-state index in [1.54, 1.807) is 28.2 Å². The highest BCUT2D eigenvalue weighted by atomic mass is 16.6. The minimum absolute atomic E-state index is 0.0296. The van der Waals surface area contributed by atoms with Gasteiger partial charge in [0, 0.05) is 23.6 Å². The van der Waals surface area contributed by atoms with Gasteiger partial charge in [-0.2, -0.15) is 0 Å². The van der Waals surface area contributed by atoms with Crippen LogP contribution in [0.15, 0.2) is 67.3 Å². The monoisotopic (exact) mass is 390 g/mol. The van der Waals surface area contributed by atoms with Crippen molar-refractivity contribution < 1.29 is 14.4 Å². The molecule has 1 fully saturated rings. The van der Waals surface area contributed by atoms with Gasteiger partial charge in [0.15, 0.2) is 0 Å². The minimum Gasteiger partial charge on any atom is -0.442 e. The van der Waals surface area contributed by atoms with Crippen LogP contribution >= 0.6 is 0 Å². The molecule has 0 bridgehead atoms. The summed E-state index contributed by atoms with van der Waals surface area (Å²) < 4.78 is 7.10. The fraction of sp³-hybridized carbons (Fsp3) is 0.200. The van der Waals surface area contributed by atoms with Gasteiger partial charge in [0.2, 0.25) is 0 Å². The van der Waals surface area contributed by atoms with Gasteiger partial charge in [0.1, 0.15) is 18.4 Å². The van der Waals surface area contributed by atoms with Crippen LogP contribution in [0.5, 0.6) is 0 Å². The molecule has 9 nitrogen and oxygen atoms in total. The molecule has 0 radical (unpaired) electrons. The lowest BCUT2D eigenvalue weighted by atomic mass is 10.1. The maximum atomic E-state index is 12.3. The standard InChI is InChI=1S/C20H18N6O3/c27-20-26(13-17(29-20)12-25-9-8-22-24-25)16-4-1-14(2-5-16)15-3-6-18(21-11-15)19-7-10-28-23-19/h1-11,17,19,23H,12-13H2. The predicted molar refractivity (Wildman–Crippen MR) is 103 cm³/mol. The van der Waals surface area contributed by atoms with E-state index in [1.807, 2.05) is 48.7 Å². The summed E-state index contributed by atoms with van der Waals surface area (Å²) in [6.45, 7) is 0.951. The van der Waals surface area contributed by atoms with Crippen LogP contribution in [-0.2, 0) is 16.1 Å². The number of amides is 1. The van der Waals surface area contributed by atoms with Crippen molar-refractivity contribution in [1.29, 1.82) is 0 Å². The van der Waals surface area contributed by atoms with Crippen molar-refractivity contribution in [2.45, 2.75) is 18.7 Å². The molecule has 146 valence electrons. The largest absolute Gasteiger partial charge is 0.442 e. The lowest BCUT2D eigenvalue weighted by Gasteiger charge is -2.14. The van der Waals surface area contributed by atoms with E-state index in [4.69, 9.17) is 9.57 Å². The molecule has 5 rings (SSSR count). The SMILES string of the molecule is O=C1OC(Cn2ccnn2)CN1c1ccc(-c2ccc(C3C=CON3)nc2)cc1. The average molecular weight is 390 g/mol. The lowest BCUT2D eigenvalue weighted by Crippen LogP contribution is -2.26. The summed E-state index contributed by atoms with van der Waals surface area (Å²) in [5.41, 5.74) is 6.56. The normalized spacial score (nSPS) is 20.7. The Kier molecular flexibility index (Phi) is 4.41. The third-order valence-electron chi connectivity index (χ3n) is 4.89. The first-order valence-electron chi connectivity index (χ1n) is 9.23. The molecule has 1 N–H and O–H groups in total. The predicted octanol–water partition coefficient (Wildman–Crippen LogP) is 2.46. The molecule has 2 unspecified atom stereocenters. The van der Waals surface area contributed by atoms with Crippen LogP contribution in [-0.4, -0.2) is 38.7 Å². The van der Waals surface area contributed by atoms with Crippen molar-refractivity contribution in [3.63, 3.8) is 0 Å². The number of nitrogens with zero attached hydrogens (tertiary/aromatic N) is 5. The Labute approximate surface area is 166 Å². The summed E-state index contributed by atoms with van der Waals surface area (Å²) in [7, 11) is 0. The third-order valence-corrected chi connectivity index (χ3v) is 4.89. The molecule has 4 heterocycles. The maximum absolute atomic E-state index is 12.3. The van der Waals surface area contributed by atoms with Crippen LogP contribution in [0.4, 0.5) is 10.5 Å². The summed E-state index contributed by atoms with van der Waals surface area (Å²) in [5.74, 6) is 0. The molecule has 0 aliphatic carbocycles. The van der Waals surface area contributed by atoms with E-state index < -0.39 is 0 Å². The fourth-order valence-electron chi connectivity index (χ4n) is 3.39. The zero-order valence-electron chi connectivity index (χ0n) is 15.4. The molecule has 0 spiro atoms. The van der Waals surface area contributed by atoms with Crippen LogP contribution < -0.4 is 10.4 Å². The second kappa shape index (κ2) is 7.36. The van der Waals surface area contributed by atoms with Gasteiger partial charge in [-0.15, -0.1) is 10.6 Å². The van der Waals surface area contributed by atoms with E-state index in [0.29, 0.717) is 13.1 Å². The number of hydroxylamine groups is 1. The smallest absolute Gasteiger partial charge is 0.414 e. The fourth-order valence-corrected chi connectivity index (χ4v) is 3.39. The highest BCUT2D eigenvalue weighted by Crippen LogP contribution is 2.27. The average Bonchev–Trinajstić information content (AvgIpc) is 3.51. The van der Waals surface area contributed by atoms with Gasteiger partial charge in [-0.1, -0.05) is 23.4 Å². The second-order valence-corrected chi connectivity index (χ2v) is 6.80. The molecule has 0 saturated carbocycles. The number of carbonyl (C=O) groups is 1. The van der Waals surface area contributed by atoms with E-state index >= 15 is 0 Å². The van der Waals surface area contributed by atoms with Crippen molar-refractivity contribution in [1.82, 2.24) is 25.5 Å². The first kappa shape index (κ1) is 17.4. The molecule has 2 atom stereocenters. The number of benzene rings is 1. The van der Waals surface area contributed by atoms with Crippen LogP contribution in [0.1, 0.15) is 11.7 Å². The number of aromatic nitrogens is 4. The van der Waals surface area contributed by atoms with Crippen LogP contribution in [0.25, 0.3) is 11.1 Å². The number of carbonyl (C=O) groups excluding carboxylic acids is 1. The Hall–Kier alpha value is -3.72. The Bertz CT molecular complexity index is 1020. The second-order valence-electron chi connectivity index (χ2n) is 6.80. The topological polar surface area (TPSA) is 94.4 Å². The molecule has 9 heteroatoms. The Morgan fingerprint density at radius 2 is 2.00 bits per heavy atom. The van der Waals surface area contributed by atoms with Crippen LogP contribution in [0, 0.1) is 0 Å².